The predicted molar refractivity (Wildman–Crippen MR) is 74.5 cm³/mol. The van der Waals surface area contributed by atoms with Gasteiger partial charge < -0.3 is 10.1 Å². The average Bonchev–Trinajstić information content (AvgIpc) is 2.98. The van der Waals surface area contributed by atoms with E-state index in [0.29, 0.717) is 0 Å². The van der Waals surface area contributed by atoms with E-state index in [2.05, 4.69) is 34.8 Å². The van der Waals surface area contributed by atoms with Gasteiger partial charge in [-0.2, -0.15) is 5.10 Å². The molecule has 0 spiro atoms. The summed E-state index contributed by atoms with van der Waals surface area (Å²) in [7, 11) is 3.93. The fourth-order valence-electron chi connectivity index (χ4n) is 2.85. The number of aromatic nitrogens is 2. The Balaban J connectivity index is 2.09. The molecule has 0 saturated heterocycles. The minimum absolute atomic E-state index is 0.127. The normalized spacial score (nSPS) is 15.1. The van der Waals surface area contributed by atoms with Gasteiger partial charge in [0.15, 0.2) is 0 Å². The number of fused-ring (bicyclic) bond motifs is 1. The second-order valence-electron chi connectivity index (χ2n) is 5.00. The highest BCUT2D eigenvalue weighted by Gasteiger charge is 2.24. The summed E-state index contributed by atoms with van der Waals surface area (Å²) in [6.45, 7) is 2.83. The standard InChI is InChI=1S/C15H19N3O/c1-10-13(9-18(3)17-10)14(16-2)12-6-4-5-11-7-8-19-15(11)12/h4-6,9,14,16H,7-8H2,1-3H3. The van der Waals surface area contributed by atoms with Crippen molar-refractivity contribution in [2.24, 2.45) is 7.05 Å². The fraction of sp³-hybridized carbons (Fsp3) is 0.400. The van der Waals surface area contributed by atoms with Gasteiger partial charge >= 0.3 is 0 Å². The second kappa shape index (κ2) is 4.70. The molecule has 0 amide bonds. The molecule has 1 N–H and O–H groups in total. The van der Waals surface area contributed by atoms with Crippen molar-refractivity contribution in [1.82, 2.24) is 15.1 Å². The van der Waals surface area contributed by atoms with Gasteiger partial charge in [-0.25, -0.2) is 0 Å². The summed E-state index contributed by atoms with van der Waals surface area (Å²) in [5.41, 5.74) is 4.76. The molecule has 4 heteroatoms. The Morgan fingerprint density at radius 2 is 2.21 bits per heavy atom. The summed E-state index contributed by atoms with van der Waals surface area (Å²) >= 11 is 0. The highest BCUT2D eigenvalue weighted by molar-refractivity contribution is 5.49. The van der Waals surface area contributed by atoms with Crippen LogP contribution in [0.1, 0.15) is 28.4 Å². The molecular formula is C15H19N3O. The molecule has 1 aliphatic heterocycles. The zero-order valence-electron chi connectivity index (χ0n) is 11.6. The van der Waals surface area contributed by atoms with Crippen molar-refractivity contribution in [2.45, 2.75) is 19.4 Å². The average molecular weight is 257 g/mol. The van der Waals surface area contributed by atoms with E-state index in [-0.39, 0.29) is 6.04 Å². The van der Waals surface area contributed by atoms with Gasteiger partial charge in [0.2, 0.25) is 0 Å². The molecule has 4 nitrogen and oxygen atoms in total. The van der Waals surface area contributed by atoms with Gasteiger partial charge in [-0.05, 0) is 19.5 Å². The monoisotopic (exact) mass is 257 g/mol. The third-order valence-corrected chi connectivity index (χ3v) is 3.71. The van der Waals surface area contributed by atoms with Crippen molar-refractivity contribution < 1.29 is 4.74 Å². The quantitative estimate of drug-likeness (QED) is 0.913. The maximum absolute atomic E-state index is 5.81. The number of ether oxygens (including phenoxy) is 1. The first kappa shape index (κ1) is 12.2. The lowest BCUT2D eigenvalue weighted by Crippen LogP contribution is -2.18. The van der Waals surface area contributed by atoms with Crippen LogP contribution in [0.2, 0.25) is 0 Å². The summed E-state index contributed by atoms with van der Waals surface area (Å²) in [4.78, 5) is 0. The Bertz CT molecular complexity index is 603. The van der Waals surface area contributed by atoms with Crippen LogP contribution in [0.5, 0.6) is 5.75 Å². The van der Waals surface area contributed by atoms with E-state index >= 15 is 0 Å². The number of rotatable bonds is 3. The molecule has 1 aliphatic rings. The van der Waals surface area contributed by atoms with E-state index < -0.39 is 0 Å². The van der Waals surface area contributed by atoms with Crippen LogP contribution in [0.25, 0.3) is 0 Å². The molecule has 3 rings (SSSR count). The summed E-state index contributed by atoms with van der Waals surface area (Å²) in [5, 5.41) is 7.82. The number of nitrogens with one attached hydrogen (secondary N) is 1. The Morgan fingerprint density at radius 1 is 1.37 bits per heavy atom. The number of nitrogens with zero attached hydrogens (tertiary/aromatic N) is 2. The fourth-order valence-corrected chi connectivity index (χ4v) is 2.85. The third kappa shape index (κ3) is 2.02. The van der Waals surface area contributed by atoms with E-state index in [1.807, 2.05) is 25.7 Å². The van der Waals surface area contributed by atoms with Crippen molar-refractivity contribution in [3.63, 3.8) is 0 Å². The Hall–Kier alpha value is -1.81. The van der Waals surface area contributed by atoms with E-state index in [9.17, 15) is 0 Å². The number of benzene rings is 1. The molecule has 2 aromatic rings. The van der Waals surface area contributed by atoms with Crippen LogP contribution >= 0.6 is 0 Å². The van der Waals surface area contributed by atoms with E-state index in [4.69, 9.17) is 4.74 Å². The molecule has 0 aliphatic carbocycles. The van der Waals surface area contributed by atoms with Crippen molar-refractivity contribution in [3.05, 3.63) is 46.8 Å². The van der Waals surface area contributed by atoms with Crippen LogP contribution in [0.3, 0.4) is 0 Å². The number of para-hydroxylation sites is 1. The molecule has 1 aromatic heterocycles. The summed E-state index contributed by atoms with van der Waals surface area (Å²) in [6, 6.07) is 6.52. The van der Waals surface area contributed by atoms with Gasteiger partial charge in [0.1, 0.15) is 5.75 Å². The van der Waals surface area contributed by atoms with Gasteiger partial charge in [-0.3, -0.25) is 4.68 Å². The molecule has 100 valence electrons. The van der Waals surface area contributed by atoms with Crippen LogP contribution in [0, 0.1) is 6.92 Å². The van der Waals surface area contributed by atoms with Crippen molar-refractivity contribution >= 4 is 0 Å². The lowest BCUT2D eigenvalue weighted by Gasteiger charge is -2.18. The van der Waals surface area contributed by atoms with Crippen molar-refractivity contribution in [1.29, 1.82) is 0 Å². The zero-order chi connectivity index (χ0) is 13.4. The van der Waals surface area contributed by atoms with Gasteiger partial charge in [0.25, 0.3) is 0 Å². The van der Waals surface area contributed by atoms with E-state index in [0.717, 1.165) is 24.5 Å². The first-order valence-corrected chi connectivity index (χ1v) is 6.62. The highest BCUT2D eigenvalue weighted by atomic mass is 16.5. The van der Waals surface area contributed by atoms with Crippen LogP contribution in [-0.4, -0.2) is 23.4 Å². The molecule has 1 unspecified atom stereocenters. The zero-order valence-corrected chi connectivity index (χ0v) is 11.6. The van der Waals surface area contributed by atoms with Gasteiger partial charge in [-0.1, -0.05) is 18.2 Å². The topological polar surface area (TPSA) is 39.1 Å². The molecule has 0 fully saturated rings. The van der Waals surface area contributed by atoms with E-state index in [1.165, 1.54) is 16.7 Å². The number of hydrogen-bond acceptors (Lipinski definition) is 3. The first-order valence-electron chi connectivity index (χ1n) is 6.62. The lowest BCUT2D eigenvalue weighted by atomic mass is 9.96. The Kier molecular flexibility index (Phi) is 3.03. The van der Waals surface area contributed by atoms with Gasteiger partial charge in [0, 0.05) is 30.8 Å². The third-order valence-electron chi connectivity index (χ3n) is 3.71. The molecule has 2 heterocycles. The molecule has 0 radical (unpaired) electrons. The Labute approximate surface area is 113 Å². The molecule has 19 heavy (non-hydrogen) atoms. The van der Waals surface area contributed by atoms with Crippen LogP contribution < -0.4 is 10.1 Å². The minimum Gasteiger partial charge on any atom is -0.493 e. The number of aryl methyl sites for hydroxylation is 2. The summed E-state index contributed by atoms with van der Waals surface area (Å²) in [6.07, 6.45) is 3.08. The second-order valence-corrected chi connectivity index (χ2v) is 5.00. The first-order chi connectivity index (χ1) is 9.20. The smallest absolute Gasteiger partial charge is 0.127 e. The van der Waals surface area contributed by atoms with Crippen LogP contribution in [0.15, 0.2) is 24.4 Å². The van der Waals surface area contributed by atoms with Crippen LogP contribution in [0.4, 0.5) is 0 Å². The minimum atomic E-state index is 0.127. The number of hydrogen-bond donors (Lipinski definition) is 1. The maximum Gasteiger partial charge on any atom is 0.127 e. The lowest BCUT2D eigenvalue weighted by molar-refractivity contribution is 0.351. The van der Waals surface area contributed by atoms with Crippen molar-refractivity contribution in [3.8, 4) is 5.75 Å². The molecule has 1 atom stereocenters. The van der Waals surface area contributed by atoms with Gasteiger partial charge in [0.05, 0.1) is 18.3 Å². The highest BCUT2D eigenvalue weighted by Crippen LogP contribution is 2.36. The van der Waals surface area contributed by atoms with Crippen LogP contribution in [-0.2, 0) is 13.5 Å². The predicted octanol–water partition coefficient (Wildman–Crippen LogP) is 1.97. The van der Waals surface area contributed by atoms with Gasteiger partial charge in [-0.15, -0.1) is 0 Å². The SMILES string of the molecule is CNC(c1cn(C)nc1C)c1cccc2c1OCC2. The molecule has 1 aromatic carbocycles. The molecular weight excluding hydrogens is 238 g/mol. The largest absolute Gasteiger partial charge is 0.493 e. The molecule has 0 bridgehead atoms. The molecule has 0 saturated carbocycles. The Morgan fingerprint density at radius 3 is 2.89 bits per heavy atom. The maximum atomic E-state index is 5.81. The van der Waals surface area contributed by atoms with E-state index in [1.54, 1.807) is 0 Å². The summed E-state index contributed by atoms with van der Waals surface area (Å²) in [5.74, 6) is 1.05. The summed E-state index contributed by atoms with van der Waals surface area (Å²) < 4.78 is 7.67. The van der Waals surface area contributed by atoms with Crippen molar-refractivity contribution in [2.75, 3.05) is 13.7 Å².